The Morgan fingerprint density at radius 3 is 2.73 bits per heavy atom. The van der Waals surface area contributed by atoms with E-state index in [2.05, 4.69) is 11.3 Å². The predicted octanol–water partition coefficient (Wildman–Crippen LogP) is 1.30. The highest BCUT2D eigenvalue weighted by Gasteiger charge is 1.91. The maximum Gasteiger partial charge on any atom is 0.330 e. The normalized spacial score (nSPS) is 9.64. The third-order valence-electron chi connectivity index (χ3n) is 0.707. The van der Waals surface area contributed by atoms with Crippen LogP contribution >= 0.6 is 0 Å². The van der Waals surface area contributed by atoms with Gasteiger partial charge in [0.1, 0.15) is 6.61 Å². The summed E-state index contributed by atoms with van der Waals surface area (Å²) in [7, 11) is 0. The van der Waals surface area contributed by atoms with Crippen LogP contribution in [-0.4, -0.2) is 17.9 Å². The monoisotopic (exact) mass is 163 g/mol. The van der Waals surface area contributed by atoms with E-state index in [9.17, 15) is 13.8 Å². The first-order chi connectivity index (χ1) is 5.16. The van der Waals surface area contributed by atoms with E-state index in [-0.39, 0.29) is 6.61 Å². The van der Waals surface area contributed by atoms with E-state index in [1.807, 2.05) is 0 Å². The molecule has 3 nitrogen and oxygen atoms in total. The van der Waals surface area contributed by atoms with Crippen LogP contribution in [0.15, 0.2) is 24.9 Å². The van der Waals surface area contributed by atoms with E-state index in [1.165, 1.54) is 0 Å². The first kappa shape index (κ1) is 9.61. The third kappa shape index (κ3) is 6.50. The molecule has 0 spiro atoms. The van der Waals surface area contributed by atoms with Gasteiger partial charge in [0.25, 0.3) is 0 Å². The Hall–Kier alpha value is -1.39. The molecule has 0 aromatic heterocycles. The molecule has 0 N–H and O–H groups in total. The van der Waals surface area contributed by atoms with Crippen LogP contribution in [0.2, 0.25) is 0 Å². The fraction of sp³-hybridized carbons (Fsp3) is 0.167. The Balaban J connectivity index is 3.41. The summed E-state index contributed by atoms with van der Waals surface area (Å²) in [6, 6.07) is 0. The Morgan fingerprint density at radius 1 is 1.64 bits per heavy atom. The molecule has 0 rings (SSSR count). The van der Waals surface area contributed by atoms with Crippen LogP contribution in [0.3, 0.4) is 0 Å². The summed E-state index contributed by atoms with van der Waals surface area (Å²) in [5.74, 6) is -0.640. The quantitative estimate of drug-likeness (QED) is 0.355. The minimum atomic E-state index is -1.14. The van der Waals surface area contributed by atoms with Gasteiger partial charge in [-0.05, 0) is 11.4 Å². The third-order valence-corrected chi connectivity index (χ3v) is 0.707. The number of halogens is 2. The number of carbonyl (C=O) groups excluding carboxylic acids is 1. The van der Waals surface area contributed by atoms with Crippen LogP contribution < -0.4 is 0 Å². The van der Waals surface area contributed by atoms with Crippen molar-refractivity contribution in [1.29, 1.82) is 0 Å². The first-order valence-electron chi connectivity index (χ1n) is 2.73. The van der Waals surface area contributed by atoms with Crippen LogP contribution in [0.1, 0.15) is 0 Å². The van der Waals surface area contributed by atoms with Gasteiger partial charge >= 0.3 is 5.97 Å². The van der Waals surface area contributed by atoms with Gasteiger partial charge in [-0.3, -0.25) is 0 Å². The molecule has 0 aliphatic carbocycles. The largest absolute Gasteiger partial charge is 0.458 e. The predicted molar refractivity (Wildman–Crippen MR) is 34.4 cm³/mol. The van der Waals surface area contributed by atoms with Crippen molar-refractivity contribution in [3.63, 3.8) is 0 Å². The second kappa shape index (κ2) is 5.40. The molecule has 62 valence electrons. The van der Waals surface area contributed by atoms with Crippen molar-refractivity contribution in [2.24, 2.45) is 0 Å². The summed E-state index contributed by atoms with van der Waals surface area (Å²) < 4.78 is 26.8. The van der Waals surface area contributed by atoms with Crippen LogP contribution in [0.25, 0.3) is 0 Å². The van der Waals surface area contributed by atoms with Gasteiger partial charge < -0.3 is 4.74 Å². The van der Waals surface area contributed by atoms with Crippen molar-refractivity contribution < 1.29 is 18.5 Å². The van der Waals surface area contributed by atoms with Crippen LogP contribution in [-0.2, 0) is 9.53 Å². The van der Waals surface area contributed by atoms with Gasteiger partial charge in [-0.1, -0.05) is 15.5 Å². The molecule has 0 aliphatic rings. The molecule has 0 saturated heterocycles. The average molecular weight is 163 g/mol. The van der Waals surface area contributed by atoms with Crippen molar-refractivity contribution in [1.82, 2.24) is 5.34 Å². The summed E-state index contributed by atoms with van der Waals surface area (Å²) >= 11 is 0. The molecule has 0 atom stereocenters. The molecular weight excluding hydrogens is 156 g/mol. The molecule has 0 bridgehead atoms. The lowest BCUT2D eigenvalue weighted by molar-refractivity contribution is -0.136. The van der Waals surface area contributed by atoms with Gasteiger partial charge in [0.05, 0.1) is 6.20 Å². The minimum Gasteiger partial charge on any atom is -0.458 e. The molecule has 0 aliphatic heterocycles. The standard InChI is InChI=1S/C6H7F2NO2/c1-2-6(10)11-5-3-4-9(7)8/h2-4H,1,5H2. The lowest BCUT2D eigenvalue weighted by Gasteiger charge is -1.95. The zero-order valence-electron chi connectivity index (χ0n) is 5.67. The van der Waals surface area contributed by atoms with Crippen molar-refractivity contribution in [2.45, 2.75) is 0 Å². The van der Waals surface area contributed by atoms with Crippen LogP contribution in [0.4, 0.5) is 8.96 Å². The van der Waals surface area contributed by atoms with Crippen LogP contribution in [0.5, 0.6) is 0 Å². The summed E-state index contributed by atoms with van der Waals surface area (Å²) in [5.41, 5.74) is 0. The second-order valence-corrected chi connectivity index (χ2v) is 1.48. The summed E-state index contributed by atoms with van der Waals surface area (Å²) in [6.45, 7) is 2.93. The molecule has 0 radical (unpaired) electrons. The van der Waals surface area contributed by atoms with E-state index in [0.29, 0.717) is 6.20 Å². The number of nitrogens with zero attached hydrogens (tertiary/aromatic N) is 1. The van der Waals surface area contributed by atoms with Gasteiger partial charge in [-0.2, -0.15) is 0 Å². The highest BCUT2D eigenvalue weighted by Crippen LogP contribution is 1.89. The average Bonchev–Trinajstić information content (AvgIpc) is 1.97. The molecular formula is C6H7F2NO2. The lowest BCUT2D eigenvalue weighted by atomic mass is 10.6. The summed E-state index contributed by atoms with van der Waals surface area (Å²) in [6.07, 6.45) is 2.44. The van der Waals surface area contributed by atoms with Gasteiger partial charge in [0, 0.05) is 6.08 Å². The van der Waals surface area contributed by atoms with E-state index >= 15 is 0 Å². The fourth-order valence-electron chi connectivity index (χ4n) is 0.312. The highest BCUT2D eigenvalue weighted by molar-refractivity contribution is 5.81. The van der Waals surface area contributed by atoms with E-state index < -0.39 is 11.3 Å². The number of esters is 1. The second-order valence-electron chi connectivity index (χ2n) is 1.48. The Labute approximate surface area is 62.4 Å². The Morgan fingerprint density at radius 2 is 2.27 bits per heavy atom. The fourth-order valence-corrected chi connectivity index (χ4v) is 0.312. The summed E-state index contributed by atoms with van der Waals surface area (Å²) in [5, 5.41) is -1.14. The van der Waals surface area contributed by atoms with Crippen molar-refractivity contribution >= 4 is 5.97 Å². The SMILES string of the molecule is C=CC(=O)OCC=CN(F)F. The lowest BCUT2D eigenvalue weighted by Crippen LogP contribution is -1.99. The molecule has 0 fully saturated rings. The number of hydrogen-bond acceptors (Lipinski definition) is 3. The first-order valence-corrected chi connectivity index (χ1v) is 2.73. The van der Waals surface area contributed by atoms with Gasteiger partial charge in [0.2, 0.25) is 0 Å². The molecule has 0 unspecified atom stereocenters. The molecule has 0 saturated carbocycles. The smallest absolute Gasteiger partial charge is 0.330 e. The Bertz CT molecular complexity index is 168. The molecule has 11 heavy (non-hydrogen) atoms. The molecule has 0 heterocycles. The molecule has 5 heteroatoms. The molecule has 0 aromatic carbocycles. The molecule has 0 aromatic rings. The van der Waals surface area contributed by atoms with Crippen LogP contribution in [0, 0.1) is 0 Å². The zero-order chi connectivity index (χ0) is 8.69. The number of rotatable bonds is 4. The summed E-state index contributed by atoms with van der Waals surface area (Å²) in [4.78, 5) is 10.3. The van der Waals surface area contributed by atoms with E-state index in [1.54, 1.807) is 0 Å². The number of hydrogen-bond donors (Lipinski definition) is 0. The van der Waals surface area contributed by atoms with Crippen molar-refractivity contribution in [3.05, 3.63) is 24.9 Å². The highest BCUT2D eigenvalue weighted by atomic mass is 19.4. The topological polar surface area (TPSA) is 29.5 Å². The maximum absolute atomic E-state index is 11.2. The maximum atomic E-state index is 11.2. The van der Waals surface area contributed by atoms with Gasteiger partial charge in [-0.15, -0.1) is 0 Å². The van der Waals surface area contributed by atoms with E-state index in [4.69, 9.17) is 0 Å². The number of carbonyl (C=O) groups is 1. The van der Waals surface area contributed by atoms with E-state index in [0.717, 1.165) is 12.2 Å². The number of ether oxygens (including phenoxy) is 1. The minimum absolute atomic E-state index is 0.185. The van der Waals surface area contributed by atoms with Gasteiger partial charge in [0.15, 0.2) is 0 Å². The Kier molecular flexibility index (Phi) is 4.72. The van der Waals surface area contributed by atoms with Crippen molar-refractivity contribution in [2.75, 3.05) is 6.61 Å². The van der Waals surface area contributed by atoms with Gasteiger partial charge in [-0.25, -0.2) is 4.79 Å². The van der Waals surface area contributed by atoms with Crippen molar-refractivity contribution in [3.8, 4) is 0 Å². The zero-order valence-corrected chi connectivity index (χ0v) is 5.67. The molecule has 0 amide bonds.